The van der Waals surface area contributed by atoms with Crippen LogP contribution in [0.1, 0.15) is 23.4 Å². The molecule has 0 aliphatic heterocycles. The normalized spacial score (nSPS) is 10.6. The Morgan fingerprint density at radius 3 is 2.76 bits per heavy atom. The number of methoxy groups -OCH3 is 1. The SMILES string of the molecule is COC(=O)Cc1cc(CCl)c(N)c(C(F)F)n1. The number of aromatic nitrogens is 1. The van der Waals surface area contributed by atoms with Gasteiger partial charge in [-0.05, 0) is 11.6 Å². The average Bonchev–Trinajstić information content (AvgIpc) is 2.30. The molecule has 0 unspecified atom stereocenters. The first-order chi connectivity index (χ1) is 7.99. The quantitative estimate of drug-likeness (QED) is 0.668. The molecule has 1 aromatic rings. The lowest BCUT2D eigenvalue weighted by Crippen LogP contribution is -2.10. The first kappa shape index (κ1) is 13.6. The fourth-order valence-corrected chi connectivity index (χ4v) is 1.50. The minimum atomic E-state index is -2.81. The number of hydrogen-bond donors (Lipinski definition) is 1. The van der Waals surface area contributed by atoms with Crippen molar-refractivity contribution < 1.29 is 18.3 Å². The molecule has 0 aromatic carbocycles. The van der Waals surface area contributed by atoms with Crippen LogP contribution >= 0.6 is 11.6 Å². The van der Waals surface area contributed by atoms with E-state index in [1.165, 1.54) is 13.2 Å². The van der Waals surface area contributed by atoms with Crippen molar-refractivity contribution in [2.75, 3.05) is 12.8 Å². The molecule has 7 heteroatoms. The van der Waals surface area contributed by atoms with Gasteiger partial charge in [0.15, 0.2) is 0 Å². The zero-order valence-electron chi connectivity index (χ0n) is 9.04. The number of nitrogens with two attached hydrogens (primary N) is 1. The van der Waals surface area contributed by atoms with Crippen LogP contribution in [-0.2, 0) is 21.8 Å². The van der Waals surface area contributed by atoms with Gasteiger partial charge in [0.2, 0.25) is 0 Å². The molecule has 2 N–H and O–H groups in total. The van der Waals surface area contributed by atoms with E-state index in [1.54, 1.807) is 0 Å². The second-order valence-electron chi connectivity index (χ2n) is 3.26. The molecule has 1 heterocycles. The molecular weight excluding hydrogens is 254 g/mol. The molecule has 0 bridgehead atoms. The Morgan fingerprint density at radius 2 is 2.29 bits per heavy atom. The molecule has 17 heavy (non-hydrogen) atoms. The molecule has 0 radical (unpaired) electrons. The third-order valence-corrected chi connectivity index (χ3v) is 2.42. The molecule has 4 nitrogen and oxygen atoms in total. The van der Waals surface area contributed by atoms with Gasteiger partial charge in [-0.25, -0.2) is 13.8 Å². The molecule has 0 fully saturated rings. The van der Waals surface area contributed by atoms with Gasteiger partial charge in [0, 0.05) is 5.88 Å². The van der Waals surface area contributed by atoms with Crippen molar-refractivity contribution in [1.29, 1.82) is 0 Å². The van der Waals surface area contributed by atoms with Crippen LogP contribution < -0.4 is 5.73 Å². The summed E-state index contributed by atoms with van der Waals surface area (Å²) in [6.07, 6.45) is -3.00. The van der Waals surface area contributed by atoms with Crippen molar-refractivity contribution >= 4 is 23.3 Å². The maximum atomic E-state index is 12.6. The van der Waals surface area contributed by atoms with Gasteiger partial charge in [-0.2, -0.15) is 0 Å². The predicted octanol–water partition coefficient (Wildman–Crippen LogP) is 2.06. The van der Waals surface area contributed by atoms with Crippen molar-refractivity contribution in [3.63, 3.8) is 0 Å². The van der Waals surface area contributed by atoms with Gasteiger partial charge in [-0.1, -0.05) is 0 Å². The van der Waals surface area contributed by atoms with Crippen molar-refractivity contribution in [2.24, 2.45) is 0 Å². The number of anilines is 1. The lowest BCUT2D eigenvalue weighted by molar-refractivity contribution is -0.139. The molecule has 0 aliphatic carbocycles. The summed E-state index contributed by atoms with van der Waals surface area (Å²) in [7, 11) is 1.20. The number of esters is 1. The van der Waals surface area contributed by atoms with Crippen LogP contribution in [0.2, 0.25) is 0 Å². The number of ether oxygens (including phenoxy) is 1. The van der Waals surface area contributed by atoms with Gasteiger partial charge in [-0.3, -0.25) is 4.79 Å². The minimum absolute atomic E-state index is 0.0255. The summed E-state index contributed by atoms with van der Waals surface area (Å²) >= 11 is 5.58. The zero-order chi connectivity index (χ0) is 13.0. The van der Waals surface area contributed by atoms with E-state index < -0.39 is 18.1 Å². The number of nitrogen functional groups attached to an aromatic ring is 1. The van der Waals surface area contributed by atoms with E-state index in [0.29, 0.717) is 5.56 Å². The highest BCUT2D eigenvalue weighted by Crippen LogP contribution is 2.27. The summed E-state index contributed by atoms with van der Waals surface area (Å²) < 4.78 is 29.7. The van der Waals surface area contributed by atoms with Gasteiger partial charge in [-0.15, -0.1) is 11.6 Å². The third-order valence-electron chi connectivity index (χ3n) is 2.13. The summed E-state index contributed by atoms with van der Waals surface area (Å²) in [5.41, 5.74) is 5.29. The summed E-state index contributed by atoms with van der Waals surface area (Å²) in [6.45, 7) is 0. The summed E-state index contributed by atoms with van der Waals surface area (Å²) in [4.78, 5) is 14.7. The summed E-state index contributed by atoms with van der Waals surface area (Å²) in [6, 6.07) is 1.42. The number of pyridine rings is 1. The molecule has 0 saturated heterocycles. The lowest BCUT2D eigenvalue weighted by atomic mass is 10.1. The van der Waals surface area contributed by atoms with E-state index in [-0.39, 0.29) is 23.7 Å². The number of halogens is 3. The molecular formula is C10H11ClF2N2O2. The van der Waals surface area contributed by atoms with E-state index in [9.17, 15) is 13.6 Å². The molecule has 0 atom stereocenters. The first-order valence-electron chi connectivity index (χ1n) is 4.68. The van der Waals surface area contributed by atoms with Crippen LogP contribution in [-0.4, -0.2) is 18.1 Å². The van der Waals surface area contributed by atoms with Gasteiger partial charge in [0.1, 0.15) is 5.69 Å². The van der Waals surface area contributed by atoms with Crippen LogP contribution in [0.4, 0.5) is 14.5 Å². The predicted molar refractivity (Wildman–Crippen MR) is 58.9 cm³/mol. The summed E-state index contributed by atoms with van der Waals surface area (Å²) in [5, 5.41) is 0. The molecule has 1 aromatic heterocycles. The van der Waals surface area contributed by atoms with Gasteiger partial charge >= 0.3 is 5.97 Å². The molecule has 94 valence electrons. The van der Waals surface area contributed by atoms with Crippen LogP contribution in [0.25, 0.3) is 0 Å². The number of rotatable bonds is 4. The minimum Gasteiger partial charge on any atom is -0.469 e. The fraction of sp³-hybridized carbons (Fsp3) is 0.400. The highest BCUT2D eigenvalue weighted by Gasteiger charge is 2.18. The van der Waals surface area contributed by atoms with E-state index in [1.807, 2.05) is 0 Å². The van der Waals surface area contributed by atoms with E-state index in [2.05, 4.69) is 9.72 Å². The van der Waals surface area contributed by atoms with Gasteiger partial charge in [0.05, 0.1) is 24.9 Å². The standard InChI is InChI=1S/C10H11ClF2N2O2/c1-17-7(16)3-6-2-5(4-11)8(14)9(15-6)10(12)13/h2,10H,3-4,14H2,1H3. The first-order valence-corrected chi connectivity index (χ1v) is 5.22. The van der Waals surface area contributed by atoms with Crippen molar-refractivity contribution in [1.82, 2.24) is 4.98 Å². The van der Waals surface area contributed by atoms with Crippen molar-refractivity contribution in [3.05, 3.63) is 23.0 Å². The Hall–Kier alpha value is -1.43. The van der Waals surface area contributed by atoms with Crippen LogP contribution in [0.5, 0.6) is 0 Å². The van der Waals surface area contributed by atoms with Crippen molar-refractivity contribution in [2.45, 2.75) is 18.7 Å². The van der Waals surface area contributed by atoms with Crippen LogP contribution in [0, 0.1) is 0 Å². The van der Waals surface area contributed by atoms with E-state index in [0.717, 1.165) is 0 Å². The largest absolute Gasteiger partial charge is 0.469 e. The third kappa shape index (κ3) is 3.26. The highest BCUT2D eigenvalue weighted by atomic mass is 35.5. The number of nitrogens with zero attached hydrogens (tertiary/aromatic N) is 1. The van der Waals surface area contributed by atoms with Crippen LogP contribution in [0.3, 0.4) is 0 Å². The number of alkyl halides is 3. The van der Waals surface area contributed by atoms with E-state index in [4.69, 9.17) is 17.3 Å². The highest BCUT2D eigenvalue weighted by molar-refractivity contribution is 6.17. The zero-order valence-corrected chi connectivity index (χ0v) is 9.80. The molecule has 0 spiro atoms. The lowest BCUT2D eigenvalue weighted by Gasteiger charge is -2.10. The van der Waals surface area contributed by atoms with Crippen molar-refractivity contribution in [3.8, 4) is 0 Å². The Bertz CT molecular complexity index is 427. The second-order valence-corrected chi connectivity index (χ2v) is 3.53. The monoisotopic (exact) mass is 264 g/mol. The Balaban J connectivity index is 3.15. The van der Waals surface area contributed by atoms with E-state index >= 15 is 0 Å². The second kappa shape index (κ2) is 5.77. The van der Waals surface area contributed by atoms with Gasteiger partial charge in [0.25, 0.3) is 6.43 Å². The molecule has 0 amide bonds. The average molecular weight is 265 g/mol. The topological polar surface area (TPSA) is 65.2 Å². The fourth-order valence-electron chi connectivity index (χ4n) is 1.28. The maximum absolute atomic E-state index is 12.6. The van der Waals surface area contributed by atoms with Gasteiger partial charge < -0.3 is 10.5 Å². The summed E-state index contributed by atoms with van der Waals surface area (Å²) in [5.74, 6) is -0.592. The molecule has 0 saturated carbocycles. The maximum Gasteiger partial charge on any atom is 0.311 e. The number of carbonyl (C=O) groups is 1. The Morgan fingerprint density at radius 1 is 1.65 bits per heavy atom. The molecule has 0 aliphatic rings. The molecule has 1 rings (SSSR count). The Kier molecular flexibility index (Phi) is 4.62. The number of carbonyl (C=O) groups excluding carboxylic acids is 1. The smallest absolute Gasteiger partial charge is 0.311 e. The number of hydrogen-bond acceptors (Lipinski definition) is 4. The van der Waals surface area contributed by atoms with Crippen LogP contribution in [0.15, 0.2) is 6.07 Å². The Labute approximate surface area is 102 Å².